The van der Waals surface area contributed by atoms with Crippen LogP contribution in [0.4, 0.5) is 0 Å². The topological polar surface area (TPSA) is 21.3 Å². The molecule has 0 fully saturated rings. The first-order valence-electron chi connectivity index (χ1n) is 5.09. The van der Waals surface area contributed by atoms with Crippen molar-refractivity contribution in [3.05, 3.63) is 0 Å². The Kier molecular flexibility index (Phi) is 8.93. The Labute approximate surface area is 87.0 Å². The fourth-order valence-corrected chi connectivity index (χ4v) is 0.975. The first kappa shape index (κ1) is 13.2. The van der Waals surface area contributed by atoms with Gasteiger partial charge in [-0.1, -0.05) is 20.8 Å². The molecule has 0 aromatic carbocycles. The van der Waals surface area contributed by atoms with Crippen molar-refractivity contribution in [2.75, 3.05) is 26.3 Å². The molecule has 0 aliphatic heterocycles. The van der Waals surface area contributed by atoms with E-state index in [1.54, 1.807) is 0 Å². The Morgan fingerprint density at radius 3 is 2.62 bits per heavy atom. The van der Waals surface area contributed by atoms with Gasteiger partial charge in [0.15, 0.2) is 0 Å². The number of alkyl halides is 1. The van der Waals surface area contributed by atoms with Crippen LogP contribution in [0.5, 0.6) is 0 Å². The number of ether oxygens (including phenoxy) is 1. The zero-order valence-electron chi connectivity index (χ0n) is 8.98. The van der Waals surface area contributed by atoms with E-state index in [4.69, 9.17) is 16.3 Å². The van der Waals surface area contributed by atoms with E-state index in [2.05, 4.69) is 26.1 Å². The van der Waals surface area contributed by atoms with Crippen molar-refractivity contribution in [2.24, 2.45) is 5.92 Å². The molecular weight excluding hydrogens is 186 g/mol. The van der Waals surface area contributed by atoms with Gasteiger partial charge in [-0.25, -0.2) is 0 Å². The average molecular weight is 208 g/mol. The molecule has 0 aliphatic rings. The normalized spacial score (nSPS) is 13.6. The van der Waals surface area contributed by atoms with E-state index < -0.39 is 0 Å². The lowest BCUT2D eigenvalue weighted by Gasteiger charge is -2.09. The summed E-state index contributed by atoms with van der Waals surface area (Å²) in [6, 6.07) is 0. The maximum absolute atomic E-state index is 5.93. The highest BCUT2D eigenvalue weighted by Gasteiger charge is 1.99. The van der Waals surface area contributed by atoms with Crippen molar-refractivity contribution in [3.8, 4) is 0 Å². The molecule has 0 saturated heterocycles. The summed E-state index contributed by atoms with van der Waals surface area (Å²) in [6.45, 7) is 9.80. The van der Waals surface area contributed by atoms with Crippen LogP contribution >= 0.6 is 11.6 Å². The third-order valence-corrected chi connectivity index (χ3v) is 2.15. The molecule has 1 atom stereocenters. The summed E-state index contributed by atoms with van der Waals surface area (Å²) in [4.78, 5) is 0. The lowest BCUT2D eigenvalue weighted by molar-refractivity contribution is 0.112. The second kappa shape index (κ2) is 8.79. The van der Waals surface area contributed by atoms with Crippen LogP contribution in [0.3, 0.4) is 0 Å². The van der Waals surface area contributed by atoms with Gasteiger partial charge in [-0.15, -0.1) is 11.6 Å². The predicted molar refractivity (Wildman–Crippen MR) is 58.5 cm³/mol. The maximum atomic E-state index is 5.93. The van der Waals surface area contributed by atoms with Crippen LogP contribution in [0.1, 0.15) is 27.2 Å². The van der Waals surface area contributed by atoms with Crippen LogP contribution in [0, 0.1) is 5.92 Å². The molecule has 0 rings (SSSR count). The van der Waals surface area contributed by atoms with Gasteiger partial charge in [0.05, 0.1) is 6.61 Å². The summed E-state index contributed by atoms with van der Waals surface area (Å²) in [5, 5.41) is 3.51. The van der Waals surface area contributed by atoms with E-state index in [9.17, 15) is 0 Å². The first-order valence-corrected chi connectivity index (χ1v) is 5.53. The molecule has 0 heterocycles. The third kappa shape index (κ3) is 10.1. The van der Waals surface area contributed by atoms with Crippen molar-refractivity contribution in [1.29, 1.82) is 0 Å². The van der Waals surface area contributed by atoms with Gasteiger partial charge >= 0.3 is 0 Å². The molecule has 0 aromatic rings. The molecule has 0 aromatic heterocycles. The zero-order chi connectivity index (χ0) is 10.1. The number of hydrogen-bond acceptors (Lipinski definition) is 2. The molecule has 1 unspecified atom stereocenters. The quantitative estimate of drug-likeness (QED) is 0.487. The fraction of sp³-hybridized carbons (Fsp3) is 1.00. The second-order valence-corrected chi connectivity index (χ2v) is 4.30. The third-order valence-electron chi connectivity index (χ3n) is 1.68. The summed E-state index contributed by atoms with van der Waals surface area (Å²) in [5.74, 6) is 0.622. The molecule has 3 heteroatoms. The molecule has 0 spiro atoms. The molecule has 0 aliphatic carbocycles. The SMILES string of the molecule is CCC(Cl)CNCCOCC(C)C. The number of rotatable bonds is 8. The summed E-state index contributed by atoms with van der Waals surface area (Å²) < 4.78 is 5.40. The molecule has 2 nitrogen and oxygen atoms in total. The maximum Gasteiger partial charge on any atom is 0.0591 e. The van der Waals surface area contributed by atoms with Gasteiger partial charge < -0.3 is 10.1 Å². The van der Waals surface area contributed by atoms with Gasteiger partial charge in [-0.05, 0) is 12.3 Å². The standard InChI is InChI=1S/C10H22ClNO/c1-4-10(11)7-12-5-6-13-8-9(2)3/h9-10,12H,4-8H2,1-3H3. The molecule has 0 amide bonds. The van der Waals surface area contributed by atoms with Crippen LogP contribution in [0.15, 0.2) is 0 Å². The van der Waals surface area contributed by atoms with Crippen LogP contribution in [-0.4, -0.2) is 31.7 Å². The van der Waals surface area contributed by atoms with Crippen LogP contribution in [-0.2, 0) is 4.74 Å². The molecule has 0 saturated carbocycles. The average Bonchev–Trinajstić information content (AvgIpc) is 2.10. The molecular formula is C10H22ClNO. The minimum atomic E-state index is 0.255. The molecule has 1 N–H and O–H groups in total. The van der Waals surface area contributed by atoms with Crippen molar-refractivity contribution >= 4 is 11.6 Å². The van der Waals surface area contributed by atoms with Crippen LogP contribution in [0.2, 0.25) is 0 Å². The highest BCUT2D eigenvalue weighted by atomic mass is 35.5. The predicted octanol–water partition coefficient (Wildman–Crippen LogP) is 2.27. The van der Waals surface area contributed by atoms with Gasteiger partial charge in [0, 0.05) is 25.1 Å². The summed E-state index contributed by atoms with van der Waals surface area (Å²) in [5.41, 5.74) is 0. The lowest BCUT2D eigenvalue weighted by atomic mass is 10.2. The van der Waals surface area contributed by atoms with Crippen LogP contribution < -0.4 is 5.32 Å². The second-order valence-electron chi connectivity index (χ2n) is 3.68. The Balaban J connectivity index is 2.99. The molecule has 13 heavy (non-hydrogen) atoms. The zero-order valence-corrected chi connectivity index (χ0v) is 9.73. The largest absolute Gasteiger partial charge is 0.380 e. The minimum absolute atomic E-state index is 0.255. The van der Waals surface area contributed by atoms with Crippen molar-refractivity contribution in [1.82, 2.24) is 5.32 Å². The number of hydrogen-bond donors (Lipinski definition) is 1. The van der Waals surface area contributed by atoms with Crippen molar-refractivity contribution < 1.29 is 4.74 Å². The van der Waals surface area contributed by atoms with Crippen LogP contribution in [0.25, 0.3) is 0 Å². The van der Waals surface area contributed by atoms with E-state index in [1.807, 2.05) is 0 Å². The molecule has 80 valence electrons. The Morgan fingerprint density at radius 1 is 1.38 bits per heavy atom. The van der Waals surface area contributed by atoms with Crippen molar-refractivity contribution in [3.63, 3.8) is 0 Å². The van der Waals surface area contributed by atoms with E-state index in [1.165, 1.54) is 0 Å². The first-order chi connectivity index (χ1) is 6.16. The van der Waals surface area contributed by atoms with E-state index in [-0.39, 0.29) is 5.38 Å². The number of nitrogens with one attached hydrogen (secondary N) is 1. The highest BCUT2D eigenvalue weighted by Crippen LogP contribution is 1.97. The monoisotopic (exact) mass is 207 g/mol. The van der Waals surface area contributed by atoms with Gasteiger partial charge in [-0.2, -0.15) is 0 Å². The van der Waals surface area contributed by atoms with E-state index >= 15 is 0 Å². The highest BCUT2D eigenvalue weighted by molar-refractivity contribution is 6.20. The number of halogens is 1. The van der Waals surface area contributed by atoms with E-state index in [0.717, 1.165) is 32.7 Å². The van der Waals surface area contributed by atoms with Gasteiger partial charge in [-0.3, -0.25) is 0 Å². The molecule has 0 radical (unpaired) electrons. The molecule has 0 bridgehead atoms. The Bertz CT molecular complexity index is 109. The minimum Gasteiger partial charge on any atom is -0.380 e. The Hall–Kier alpha value is 0.210. The van der Waals surface area contributed by atoms with E-state index in [0.29, 0.717) is 5.92 Å². The summed E-state index contributed by atoms with van der Waals surface area (Å²) >= 11 is 5.93. The summed E-state index contributed by atoms with van der Waals surface area (Å²) in [6.07, 6.45) is 1.02. The smallest absolute Gasteiger partial charge is 0.0591 e. The summed E-state index contributed by atoms with van der Waals surface area (Å²) in [7, 11) is 0. The van der Waals surface area contributed by atoms with Gasteiger partial charge in [0.1, 0.15) is 0 Å². The fourth-order valence-electron chi connectivity index (χ4n) is 0.866. The van der Waals surface area contributed by atoms with Crippen molar-refractivity contribution in [2.45, 2.75) is 32.6 Å². The van der Waals surface area contributed by atoms with Gasteiger partial charge in [0.2, 0.25) is 0 Å². The lowest BCUT2D eigenvalue weighted by Crippen LogP contribution is -2.26. The Morgan fingerprint density at radius 2 is 2.08 bits per heavy atom. The van der Waals surface area contributed by atoms with Gasteiger partial charge in [0.25, 0.3) is 0 Å².